The van der Waals surface area contributed by atoms with E-state index in [1.54, 1.807) is 17.8 Å². The van der Waals surface area contributed by atoms with Gasteiger partial charge < -0.3 is 0 Å². The fraction of sp³-hybridized carbons (Fsp3) is 0.125. The molecule has 0 bridgehead atoms. The lowest BCUT2D eigenvalue weighted by molar-refractivity contribution is 1.33. The summed E-state index contributed by atoms with van der Waals surface area (Å²) in [6.45, 7) is 0. The molecule has 0 atom stereocenters. The molecule has 2 aromatic carbocycles. The van der Waals surface area contributed by atoms with E-state index < -0.39 is 0 Å². The number of thioether (sulfide) groups is 1. The van der Waals surface area contributed by atoms with Crippen LogP contribution in [0.2, 0.25) is 0 Å². The first kappa shape index (κ1) is 13.2. The fourth-order valence-corrected chi connectivity index (χ4v) is 2.75. The smallest absolute Gasteiger partial charge is 0.0994 e. The van der Waals surface area contributed by atoms with Crippen LogP contribution >= 0.6 is 11.8 Å². The fourth-order valence-electron chi connectivity index (χ4n) is 1.76. The molecule has 0 radical (unpaired) electrons. The van der Waals surface area contributed by atoms with E-state index in [1.807, 2.05) is 42.5 Å². The van der Waals surface area contributed by atoms with E-state index in [9.17, 15) is 0 Å². The molecule has 0 unspecified atom stereocenters. The minimum absolute atomic E-state index is 0.690. The van der Waals surface area contributed by atoms with E-state index in [-0.39, 0.29) is 0 Å². The summed E-state index contributed by atoms with van der Waals surface area (Å²) >= 11 is 1.75. The van der Waals surface area contributed by atoms with Gasteiger partial charge in [0.2, 0.25) is 0 Å². The molecule has 3 heteroatoms. The third kappa shape index (κ3) is 3.61. The van der Waals surface area contributed by atoms with Gasteiger partial charge in [-0.15, -0.1) is 0 Å². The van der Waals surface area contributed by atoms with Gasteiger partial charge in [-0.2, -0.15) is 22.3 Å². The van der Waals surface area contributed by atoms with Crippen LogP contribution in [0.15, 0.2) is 48.5 Å². The van der Waals surface area contributed by atoms with Crippen molar-refractivity contribution in [1.82, 2.24) is 0 Å². The van der Waals surface area contributed by atoms with Gasteiger partial charge in [0.1, 0.15) is 0 Å². The molecule has 0 spiro atoms. The summed E-state index contributed by atoms with van der Waals surface area (Å²) < 4.78 is 0. The van der Waals surface area contributed by atoms with Crippen molar-refractivity contribution in [2.45, 2.75) is 11.5 Å². The van der Waals surface area contributed by atoms with Crippen molar-refractivity contribution in [1.29, 1.82) is 10.5 Å². The SMILES string of the molecule is N#Cc1cccc(CSCc2ccccc2C#N)c1. The Labute approximate surface area is 117 Å². The number of rotatable bonds is 4. The summed E-state index contributed by atoms with van der Waals surface area (Å²) in [6, 6.07) is 19.6. The van der Waals surface area contributed by atoms with Crippen molar-refractivity contribution in [2.75, 3.05) is 0 Å². The van der Waals surface area contributed by atoms with Gasteiger partial charge in [0.05, 0.1) is 23.3 Å². The first-order chi connectivity index (χ1) is 9.33. The Bertz CT molecular complexity index is 650. The third-order valence-electron chi connectivity index (χ3n) is 2.72. The van der Waals surface area contributed by atoms with Gasteiger partial charge in [-0.3, -0.25) is 0 Å². The Kier molecular flexibility index (Phi) is 4.61. The number of hydrogen-bond donors (Lipinski definition) is 0. The van der Waals surface area contributed by atoms with Crippen LogP contribution in [0, 0.1) is 22.7 Å². The zero-order valence-electron chi connectivity index (χ0n) is 10.3. The van der Waals surface area contributed by atoms with Gasteiger partial charge in [0, 0.05) is 11.5 Å². The van der Waals surface area contributed by atoms with Crippen molar-refractivity contribution in [3.63, 3.8) is 0 Å². The van der Waals surface area contributed by atoms with Gasteiger partial charge >= 0.3 is 0 Å². The molecule has 2 rings (SSSR count). The molecule has 0 fully saturated rings. The van der Waals surface area contributed by atoms with Gasteiger partial charge in [-0.05, 0) is 29.3 Å². The average Bonchev–Trinajstić information content (AvgIpc) is 2.48. The maximum absolute atomic E-state index is 9.01. The van der Waals surface area contributed by atoms with Crippen LogP contribution in [-0.2, 0) is 11.5 Å². The van der Waals surface area contributed by atoms with Crippen molar-refractivity contribution in [3.05, 3.63) is 70.8 Å². The topological polar surface area (TPSA) is 47.6 Å². The van der Waals surface area contributed by atoms with Gasteiger partial charge in [0.15, 0.2) is 0 Å². The van der Waals surface area contributed by atoms with E-state index in [0.717, 1.165) is 28.2 Å². The molecule has 0 aliphatic carbocycles. The number of benzene rings is 2. The maximum atomic E-state index is 9.01. The first-order valence-corrected chi connectivity index (χ1v) is 7.04. The van der Waals surface area contributed by atoms with Gasteiger partial charge in [-0.1, -0.05) is 30.3 Å². The zero-order chi connectivity index (χ0) is 13.5. The van der Waals surface area contributed by atoms with Crippen molar-refractivity contribution in [3.8, 4) is 12.1 Å². The summed E-state index contributed by atoms with van der Waals surface area (Å²) in [5.74, 6) is 1.65. The van der Waals surface area contributed by atoms with Crippen LogP contribution in [0.4, 0.5) is 0 Å². The lowest BCUT2D eigenvalue weighted by Gasteiger charge is -2.04. The summed E-state index contributed by atoms with van der Waals surface area (Å²) in [7, 11) is 0. The van der Waals surface area contributed by atoms with Crippen molar-refractivity contribution in [2.24, 2.45) is 0 Å². The highest BCUT2D eigenvalue weighted by atomic mass is 32.2. The van der Waals surface area contributed by atoms with E-state index >= 15 is 0 Å². The van der Waals surface area contributed by atoms with Crippen molar-refractivity contribution < 1.29 is 0 Å². The molecule has 19 heavy (non-hydrogen) atoms. The van der Waals surface area contributed by atoms with Crippen LogP contribution in [0.1, 0.15) is 22.3 Å². The van der Waals surface area contributed by atoms with Crippen LogP contribution < -0.4 is 0 Å². The predicted molar refractivity (Wildman–Crippen MR) is 77.3 cm³/mol. The van der Waals surface area contributed by atoms with Gasteiger partial charge in [-0.25, -0.2) is 0 Å². The van der Waals surface area contributed by atoms with E-state index in [2.05, 4.69) is 12.1 Å². The van der Waals surface area contributed by atoms with Crippen LogP contribution in [0.5, 0.6) is 0 Å². The number of nitrogens with zero attached hydrogens (tertiary/aromatic N) is 2. The number of hydrogen-bond acceptors (Lipinski definition) is 3. The lowest BCUT2D eigenvalue weighted by atomic mass is 10.1. The third-order valence-corrected chi connectivity index (χ3v) is 3.77. The summed E-state index contributed by atoms with van der Waals surface area (Å²) in [4.78, 5) is 0. The Morgan fingerprint density at radius 3 is 2.53 bits per heavy atom. The molecule has 0 heterocycles. The highest BCUT2D eigenvalue weighted by Gasteiger charge is 2.01. The first-order valence-electron chi connectivity index (χ1n) is 5.88. The highest BCUT2D eigenvalue weighted by Crippen LogP contribution is 2.20. The molecular formula is C16H12N2S. The summed E-state index contributed by atoms with van der Waals surface area (Å²) in [6.07, 6.45) is 0. The molecule has 0 saturated heterocycles. The molecule has 2 nitrogen and oxygen atoms in total. The standard InChI is InChI=1S/C16H12N2S/c17-9-13-4-3-5-14(8-13)11-19-12-16-7-2-1-6-15(16)10-18/h1-8H,11-12H2. The molecule has 0 N–H and O–H groups in total. The summed E-state index contributed by atoms with van der Waals surface area (Å²) in [5.41, 5.74) is 3.63. The Morgan fingerprint density at radius 1 is 0.895 bits per heavy atom. The van der Waals surface area contributed by atoms with Crippen LogP contribution in [-0.4, -0.2) is 0 Å². The molecule has 0 aliphatic heterocycles. The number of nitriles is 2. The zero-order valence-corrected chi connectivity index (χ0v) is 11.2. The van der Waals surface area contributed by atoms with Crippen molar-refractivity contribution >= 4 is 11.8 Å². The molecule has 0 saturated carbocycles. The minimum Gasteiger partial charge on any atom is -0.192 e. The van der Waals surface area contributed by atoms with E-state index in [1.165, 1.54) is 0 Å². The molecule has 0 aliphatic rings. The molecule has 92 valence electrons. The molecule has 2 aromatic rings. The Morgan fingerprint density at radius 2 is 1.74 bits per heavy atom. The quantitative estimate of drug-likeness (QED) is 0.842. The molecular weight excluding hydrogens is 252 g/mol. The Balaban J connectivity index is 1.97. The van der Waals surface area contributed by atoms with E-state index in [4.69, 9.17) is 10.5 Å². The minimum atomic E-state index is 0.690. The molecule has 0 aromatic heterocycles. The predicted octanol–water partition coefficient (Wildman–Crippen LogP) is 3.86. The lowest BCUT2D eigenvalue weighted by Crippen LogP contribution is -1.88. The average molecular weight is 264 g/mol. The highest BCUT2D eigenvalue weighted by molar-refractivity contribution is 7.97. The summed E-state index contributed by atoms with van der Waals surface area (Å²) in [5, 5.41) is 17.8. The van der Waals surface area contributed by atoms with Crippen LogP contribution in [0.25, 0.3) is 0 Å². The van der Waals surface area contributed by atoms with Gasteiger partial charge in [0.25, 0.3) is 0 Å². The second kappa shape index (κ2) is 6.64. The normalized spacial score (nSPS) is 9.58. The molecule has 0 amide bonds. The van der Waals surface area contributed by atoms with E-state index in [0.29, 0.717) is 5.56 Å². The second-order valence-electron chi connectivity index (χ2n) is 4.07. The Hall–Kier alpha value is -2.23. The maximum Gasteiger partial charge on any atom is 0.0994 e. The monoisotopic (exact) mass is 264 g/mol. The van der Waals surface area contributed by atoms with Crippen LogP contribution in [0.3, 0.4) is 0 Å². The second-order valence-corrected chi connectivity index (χ2v) is 5.06. The largest absolute Gasteiger partial charge is 0.192 e.